The second-order valence-corrected chi connectivity index (χ2v) is 11.3. The summed E-state index contributed by atoms with van der Waals surface area (Å²) in [4.78, 5) is 8.15. The summed E-state index contributed by atoms with van der Waals surface area (Å²) < 4.78 is 87.4. The summed E-state index contributed by atoms with van der Waals surface area (Å²) in [6.07, 6.45) is -0.922. The number of sulfonamides is 1. The molecule has 38 heavy (non-hydrogen) atoms. The zero-order valence-electron chi connectivity index (χ0n) is 20.5. The number of rotatable bonds is 5. The molecule has 12 heteroatoms. The molecule has 0 radical (unpaired) electrons. The first kappa shape index (κ1) is 26.1. The Balaban J connectivity index is 1.35. The maximum atomic E-state index is 14.3. The van der Waals surface area contributed by atoms with E-state index in [2.05, 4.69) is 15.3 Å². The van der Waals surface area contributed by atoms with Crippen LogP contribution < -0.4 is 5.32 Å². The highest BCUT2D eigenvalue weighted by Gasteiger charge is 2.35. The first-order valence-corrected chi connectivity index (χ1v) is 13.3. The van der Waals surface area contributed by atoms with Gasteiger partial charge in [-0.2, -0.15) is 17.5 Å². The van der Waals surface area contributed by atoms with Gasteiger partial charge in [0.15, 0.2) is 11.4 Å². The van der Waals surface area contributed by atoms with E-state index in [0.717, 1.165) is 17.2 Å². The molecule has 1 fully saturated rings. The summed E-state index contributed by atoms with van der Waals surface area (Å²) >= 11 is 0. The number of benzene rings is 2. The normalized spacial score (nSPS) is 15.7. The van der Waals surface area contributed by atoms with Crippen molar-refractivity contribution in [2.75, 3.05) is 18.4 Å². The lowest BCUT2D eigenvalue weighted by Crippen LogP contribution is -2.38. The van der Waals surface area contributed by atoms with Crippen molar-refractivity contribution in [2.45, 2.75) is 43.7 Å². The summed E-state index contributed by atoms with van der Waals surface area (Å²) in [5.74, 6) is -0.234. The monoisotopic (exact) mass is 548 g/mol. The van der Waals surface area contributed by atoms with Crippen LogP contribution in [0.2, 0.25) is 0 Å². The number of nitrogens with zero attached hydrogens (tertiary/aromatic N) is 3. The molecule has 5 rings (SSSR count). The third kappa shape index (κ3) is 4.97. The van der Waals surface area contributed by atoms with E-state index in [4.69, 9.17) is 4.42 Å². The van der Waals surface area contributed by atoms with Gasteiger partial charge >= 0.3 is 6.18 Å². The average molecular weight is 549 g/mol. The summed E-state index contributed by atoms with van der Waals surface area (Å²) in [6.45, 7) is 3.47. The number of aromatic nitrogens is 2. The van der Waals surface area contributed by atoms with Crippen LogP contribution in [0.3, 0.4) is 0 Å². The number of nitrogens with one attached hydrogen (secondary N) is 1. The number of aryl methyl sites for hydroxylation is 2. The molecule has 0 bridgehead atoms. The Hall–Kier alpha value is -3.51. The van der Waals surface area contributed by atoms with E-state index in [1.807, 2.05) is 0 Å². The van der Waals surface area contributed by atoms with Gasteiger partial charge in [-0.25, -0.2) is 22.8 Å². The van der Waals surface area contributed by atoms with Crippen molar-refractivity contribution >= 4 is 32.6 Å². The van der Waals surface area contributed by atoms with Crippen molar-refractivity contribution in [1.29, 1.82) is 0 Å². The predicted octanol–water partition coefficient (Wildman–Crippen LogP) is 6.31. The first-order chi connectivity index (χ1) is 17.9. The second-order valence-electron chi connectivity index (χ2n) is 9.41. The minimum Gasteiger partial charge on any atom is -0.458 e. The molecule has 3 heterocycles. The number of halogens is 4. The van der Waals surface area contributed by atoms with Gasteiger partial charge in [0, 0.05) is 18.7 Å². The number of alkyl halides is 3. The molecule has 0 unspecified atom stereocenters. The van der Waals surface area contributed by atoms with E-state index in [0.29, 0.717) is 35.8 Å². The minimum atomic E-state index is -4.65. The molecule has 0 aliphatic carbocycles. The molecular weight excluding hydrogens is 524 g/mol. The molecule has 2 aromatic carbocycles. The average Bonchev–Trinajstić information content (AvgIpc) is 3.30. The highest BCUT2D eigenvalue weighted by molar-refractivity contribution is 7.89. The fourth-order valence-electron chi connectivity index (χ4n) is 4.71. The molecule has 200 valence electrons. The van der Waals surface area contributed by atoms with Gasteiger partial charge in [-0.15, -0.1) is 0 Å². The molecule has 0 amide bonds. The van der Waals surface area contributed by atoms with Crippen LogP contribution in [-0.4, -0.2) is 35.8 Å². The third-order valence-electron chi connectivity index (χ3n) is 6.67. The number of anilines is 2. The van der Waals surface area contributed by atoms with Gasteiger partial charge in [0.25, 0.3) is 0 Å². The van der Waals surface area contributed by atoms with Gasteiger partial charge in [0.05, 0.1) is 22.4 Å². The standard InChI is InChI=1S/C26H24F4N4O3S/c1-15-3-4-22(21(27)11-15)33-25-24-23(31-14-32-25)20(13-37-24)17-5-7-34(8-6-17)38(35,36)19-10-16(2)9-18(12-19)26(28,29)30/h3-4,9-14,17H,5-8H2,1-2H3,(H,31,32,33). The second kappa shape index (κ2) is 9.66. The van der Waals surface area contributed by atoms with Crippen LogP contribution in [-0.2, 0) is 16.2 Å². The van der Waals surface area contributed by atoms with Crippen molar-refractivity contribution < 1.29 is 30.4 Å². The molecule has 7 nitrogen and oxygen atoms in total. The highest BCUT2D eigenvalue weighted by Crippen LogP contribution is 2.38. The number of furan rings is 1. The lowest BCUT2D eigenvalue weighted by atomic mass is 9.91. The molecule has 1 aliphatic heterocycles. The van der Waals surface area contributed by atoms with Crippen LogP contribution in [0.1, 0.15) is 41.0 Å². The number of fused-ring (bicyclic) bond motifs is 1. The highest BCUT2D eigenvalue weighted by atomic mass is 32.2. The molecule has 1 N–H and O–H groups in total. The molecular formula is C26H24F4N4O3S. The Bertz CT molecular complexity index is 1610. The van der Waals surface area contributed by atoms with Gasteiger partial charge in [-0.3, -0.25) is 0 Å². The first-order valence-electron chi connectivity index (χ1n) is 11.9. The van der Waals surface area contributed by atoms with Crippen LogP contribution in [0, 0.1) is 19.7 Å². The van der Waals surface area contributed by atoms with Crippen LogP contribution >= 0.6 is 0 Å². The molecule has 0 atom stereocenters. The Labute approximate surface area is 216 Å². The SMILES string of the molecule is Cc1cc(C(F)(F)F)cc(S(=O)(=O)N2CCC(c3coc4c(Nc5ccc(C)cc5F)ncnc34)CC2)c1. The Morgan fingerprint density at radius 2 is 1.76 bits per heavy atom. The quantitative estimate of drug-likeness (QED) is 0.294. The fourth-order valence-corrected chi connectivity index (χ4v) is 6.31. The van der Waals surface area contributed by atoms with E-state index in [9.17, 15) is 26.0 Å². The Kier molecular flexibility index (Phi) is 6.64. The van der Waals surface area contributed by atoms with Crippen molar-refractivity contribution in [2.24, 2.45) is 0 Å². The zero-order chi connectivity index (χ0) is 27.2. The van der Waals surface area contributed by atoms with E-state index in [1.54, 1.807) is 25.3 Å². The number of hydrogen-bond acceptors (Lipinski definition) is 6. The van der Waals surface area contributed by atoms with E-state index in [1.165, 1.54) is 29.7 Å². The Morgan fingerprint density at radius 3 is 2.45 bits per heavy atom. The smallest absolute Gasteiger partial charge is 0.416 e. The predicted molar refractivity (Wildman–Crippen MR) is 133 cm³/mol. The summed E-state index contributed by atoms with van der Waals surface area (Å²) in [5.41, 5.74) is 1.87. The van der Waals surface area contributed by atoms with Crippen molar-refractivity contribution in [3.8, 4) is 0 Å². The summed E-state index contributed by atoms with van der Waals surface area (Å²) in [7, 11) is -4.11. The van der Waals surface area contributed by atoms with Gasteiger partial charge in [0.1, 0.15) is 17.7 Å². The van der Waals surface area contributed by atoms with Crippen molar-refractivity contribution in [3.05, 3.63) is 77.1 Å². The van der Waals surface area contributed by atoms with Crippen LogP contribution in [0.4, 0.5) is 29.1 Å². The number of piperidine rings is 1. The van der Waals surface area contributed by atoms with Gasteiger partial charge in [-0.05, 0) is 74.1 Å². The minimum absolute atomic E-state index is 0.0928. The maximum Gasteiger partial charge on any atom is 0.416 e. The van der Waals surface area contributed by atoms with Gasteiger partial charge < -0.3 is 9.73 Å². The van der Waals surface area contributed by atoms with Gasteiger partial charge in [-0.1, -0.05) is 6.07 Å². The Morgan fingerprint density at radius 1 is 1.03 bits per heavy atom. The summed E-state index contributed by atoms with van der Waals surface area (Å²) in [5, 5.41) is 2.94. The van der Waals surface area contributed by atoms with Crippen LogP contribution in [0.5, 0.6) is 0 Å². The lowest BCUT2D eigenvalue weighted by molar-refractivity contribution is -0.137. The van der Waals surface area contributed by atoms with Crippen molar-refractivity contribution in [1.82, 2.24) is 14.3 Å². The van der Waals surface area contributed by atoms with Crippen LogP contribution in [0.15, 0.2) is 58.3 Å². The molecule has 4 aromatic rings. The van der Waals surface area contributed by atoms with Crippen molar-refractivity contribution in [3.63, 3.8) is 0 Å². The largest absolute Gasteiger partial charge is 0.458 e. The topological polar surface area (TPSA) is 88.3 Å². The molecule has 1 aliphatic rings. The molecule has 2 aromatic heterocycles. The summed E-state index contributed by atoms with van der Waals surface area (Å²) in [6, 6.07) is 7.62. The van der Waals surface area contributed by atoms with E-state index < -0.39 is 27.6 Å². The molecule has 0 spiro atoms. The number of hydrogen-bond donors (Lipinski definition) is 1. The van der Waals surface area contributed by atoms with E-state index >= 15 is 0 Å². The van der Waals surface area contributed by atoms with Gasteiger partial charge in [0.2, 0.25) is 10.0 Å². The zero-order valence-corrected chi connectivity index (χ0v) is 21.3. The maximum absolute atomic E-state index is 14.3. The fraction of sp³-hybridized carbons (Fsp3) is 0.308. The molecule has 1 saturated heterocycles. The lowest BCUT2D eigenvalue weighted by Gasteiger charge is -2.31. The third-order valence-corrected chi connectivity index (χ3v) is 8.54. The van der Waals surface area contributed by atoms with E-state index in [-0.39, 0.29) is 35.2 Å². The van der Waals surface area contributed by atoms with Crippen LogP contribution in [0.25, 0.3) is 11.1 Å². The molecule has 0 saturated carbocycles.